The number of nitrogens with zero attached hydrogens (tertiary/aromatic N) is 2. The van der Waals surface area contributed by atoms with Crippen molar-refractivity contribution in [2.45, 2.75) is 30.4 Å². The fourth-order valence-corrected chi connectivity index (χ4v) is 2.63. The normalized spacial score (nSPS) is 12.2. The van der Waals surface area contributed by atoms with E-state index in [0.717, 1.165) is 12.1 Å². The highest BCUT2D eigenvalue weighted by Crippen LogP contribution is 2.34. The Morgan fingerprint density at radius 2 is 1.58 bits per heavy atom. The monoisotopic (exact) mass is 288 g/mol. The van der Waals surface area contributed by atoms with Gasteiger partial charge in [0.25, 0.3) is 11.4 Å². The first kappa shape index (κ1) is 15.0. The first-order valence-electron chi connectivity index (χ1n) is 5.16. The molecule has 0 amide bonds. The fraction of sp³-hybridized carbons (Fsp3) is 0.400. The predicted molar refractivity (Wildman–Crippen MR) is 66.7 cm³/mol. The first-order valence-corrected chi connectivity index (χ1v) is 6.64. The zero-order chi connectivity index (χ0) is 15.0. The lowest BCUT2D eigenvalue weighted by Crippen LogP contribution is -2.28. The van der Waals surface area contributed by atoms with Crippen LogP contribution in [0.25, 0.3) is 0 Å². The molecule has 0 aliphatic carbocycles. The van der Waals surface area contributed by atoms with Crippen molar-refractivity contribution in [2.75, 3.05) is 0 Å². The molecule has 0 heterocycles. The van der Waals surface area contributed by atoms with Gasteiger partial charge in [-0.3, -0.25) is 20.2 Å². The number of hydrogen-bond donors (Lipinski definition) is 0. The van der Waals surface area contributed by atoms with Crippen molar-refractivity contribution >= 4 is 21.2 Å². The number of benzene rings is 1. The summed E-state index contributed by atoms with van der Waals surface area (Å²) in [6.45, 7) is 4.19. The van der Waals surface area contributed by atoms with Gasteiger partial charge in [0.15, 0.2) is 9.84 Å². The maximum Gasteiger partial charge on any atom is 0.294 e. The lowest BCUT2D eigenvalue weighted by Gasteiger charge is -2.18. The third-order valence-corrected chi connectivity index (χ3v) is 4.98. The summed E-state index contributed by atoms with van der Waals surface area (Å²) in [4.78, 5) is 19.2. The van der Waals surface area contributed by atoms with E-state index in [-0.39, 0.29) is 0 Å². The molecule has 0 radical (unpaired) electrons. The van der Waals surface area contributed by atoms with Crippen molar-refractivity contribution in [1.29, 1.82) is 0 Å². The molecule has 1 aromatic carbocycles. The van der Waals surface area contributed by atoms with Gasteiger partial charge in [-0.2, -0.15) is 0 Å². The minimum absolute atomic E-state index is 0.518. The Bertz CT molecular complexity index is 644. The largest absolute Gasteiger partial charge is 0.294 e. The van der Waals surface area contributed by atoms with Crippen LogP contribution in [0.15, 0.2) is 23.1 Å². The van der Waals surface area contributed by atoms with E-state index < -0.39 is 40.7 Å². The molecule has 0 fully saturated rings. The molecule has 0 unspecified atom stereocenters. The summed E-state index contributed by atoms with van der Waals surface area (Å²) in [5, 5.41) is 21.5. The summed E-state index contributed by atoms with van der Waals surface area (Å²) in [6, 6.07) is 2.49. The molecular weight excluding hydrogens is 276 g/mol. The van der Waals surface area contributed by atoms with Crippen molar-refractivity contribution < 1.29 is 18.3 Å². The average Bonchev–Trinajstić information content (AvgIpc) is 2.26. The summed E-state index contributed by atoms with van der Waals surface area (Å²) in [5.74, 6) is 0. The van der Waals surface area contributed by atoms with Gasteiger partial charge in [-0.15, -0.1) is 0 Å². The van der Waals surface area contributed by atoms with Crippen LogP contribution in [0.5, 0.6) is 0 Å². The van der Waals surface area contributed by atoms with Crippen molar-refractivity contribution in [2.24, 2.45) is 0 Å². The molecule has 0 aromatic heterocycles. The molecule has 0 aliphatic rings. The molecule has 1 aromatic rings. The van der Waals surface area contributed by atoms with E-state index in [1.165, 1.54) is 20.8 Å². The maximum atomic E-state index is 12.2. The van der Waals surface area contributed by atoms with Crippen LogP contribution in [0.4, 0.5) is 11.4 Å². The molecular formula is C10H12N2O6S. The van der Waals surface area contributed by atoms with Crippen LogP contribution < -0.4 is 0 Å². The molecule has 0 N–H and O–H groups in total. The minimum Gasteiger partial charge on any atom is -0.258 e. The average molecular weight is 288 g/mol. The standard InChI is InChI=1S/C10H12N2O6S/c1-10(2,3)19(17,18)9-5-4-7(11(13)14)6-8(9)12(15)16/h4-6H,1-3H3. The van der Waals surface area contributed by atoms with Crippen molar-refractivity contribution in [1.82, 2.24) is 0 Å². The van der Waals surface area contributed by atoms with Gasteiger partial charge in [-0.25, -0.2) is 8.42 Å². The number of rotatable bonds is 3. The summed E-state index contributed by atoms with van der Waals surface area (Å²) in [7, 11) is -3.96. The highest BCUT2D eigenvalue weighted by Gasteiger charge is 2.37. The van der Waals surface area contributed by atoms with E-state index in [1.54, 1.807) is 0 Å². The molecule has 0 bridgehead atoms. The third-order valence-electron chi connectivity index (χ3n) is 2.45. The molecule has 104 valence electrons. The van der Waals surface area contributed by atoms with Crippen molar-refractivity contribution in [3.8, 4) is 0 Å². The summed E-state index contributed by atoms with van der Waals surface area (Å²) < 4.78 is 23.1. The van der Waals surface area contributed by atoms with Gasteiger partial charge in [0, 0.05) is 6.07 Å². The Morgan fingerprint density at radius 3 is 1.95 bits per heavy atom. The van der Waals surface area contributed by atoms with Crippen LogP contribution in [0.2, 0.25) is 0 Å². The topological polar surface area (TPSA) is 120 Å². The molecule has 0 saturated heterocycles. The summed E-state index contributed by atoms with van der Waals surface area (Å²) in [5.41, 5.74) is -1.32. The predicted octanol–water partition coefficient (Wildman–Crippen LogP) is 2.08. The second-order valence-electron chi connectivity index (χ2n) is 4.78. The van der Waals surface area contributed by atoms with Crippen LogP contribution in [-0.2, 0) is 9.84 Å². The molecule has 0 aliphatic heterocycles. The molecule has 9 heteroatoms. The second-order valence-corrected chi connectivity index (χ2v) is 7.45. The number of non-ortho nitro benzene ring substituents is 1. The molecule has 0 spiro atoms. The maximum absolute atomic E-state index is 12.2. The van der Waals surface area contributed by atoms with Crippen molar-refractivity contribution in [3.63, 3.8) is 0 Å². The van der Waals surface area contributed by atoms with E-state index in [0.29, 0.717) is 6.07 Å². The van der Waals surface area contributed by atoms with Crippen LogP contribution >= 0.6 is 0 Å². The minimum atomic E-state index is -3.96. The summed E-state index contributed by atoms with van der Waals surface area (Å²) >= 11 is 0. The number of sulfone groups is 1. The lowest BCUT2D eigenvalue weighted by atomic mass is 10.2. The molecule has 19 heavy (non-hydrogen) atoms. The van der Waals surface area contributed by atoms with E-state index in [9.17, 15) is 28.6 Å². The number of nitro benzene ring substituents is 2. The highest BCUT2D eigenvalue weighted by atomic mass is 32.2. The second kappa shape index (κ2) is 4.57. The first-order chi connectivity index (χ1) is 8.48. The van der Waals surface area contributed by atoms with Gasteiger partial charge in [-0.1, -0.05) is 0 Å². The third kappa shape index (κ3) is 2.70. The quantitative estimate of drug-likeness (QED) is 0.620. The number of nitro groups is 2. The Balaban J connectivity index is 3.63. The smallest absolute Gasteiger partial charge is 0.258 e. The zero-order valence-electron chi connectivity index (χ0n) is 10.5. The SMILES string of the molecule is CC(C)(C)S(=O)(=O)c1ccc([N+](=O)[O-])cc1[N+](=O)[O-]. The van der Waals surface area contributed by atoms with E-state index in [2.05, 4.69) is 0 Å². The van der Waals surface area contributed by atoms with Crippen molar-refractivity contribution in [3.05, 3.63) is 38.4 Å². The molecule has 1 rings (SSSR count). The van der Waals surface area contributed by atoms with Crippen LogP contribution in [0, 0.1) is 20.2 Å². The van der Waals surface area contributed by atoms with Crippen LogP contribution in [0.1, 0.15) is 20.8 Å². The Morgan fingerprint density at radius 1 is 1.05 bits per heavy atom. The van der Waals surface area contributed by atoms with Gasteiger partial charge in [0.05, 0.1) is 20.7 Å². The highest BCUT2D eigenvalue weighted by molar-refractivity contribution is 7.92. The molecule has 0 atom stereocenters. The molecule has 0 saturated carbocycles. The molecule has 8 nitrogen and oxygen atoms in total. The van der Waals surface area contributed by atoms with Gasteiger partial charge >= 0.3 is 0 Å². The summed E-state index contributed by atoms with van der Waals surface area (Å²) in [6.07, 6.45) is 0. The van der Waals surface area contributed by atoms with Gasteiger partial charge in [0.1, 0.15) is 4.90 Å². The fourth-order valence-electron chi connectivity index (χ4n) is 1.32. The number of hydrogen-bond acceptors (Lipinski definition) is 6. The van der Waals surface area contributed by atoms with Gasteiger partial charge < -0.3 is 0 Å². The van der Waals surface area contributed by atoms with E-state index in [1.807, 2.05) is 0 Å². The lowest BCUT2D eigenvalue weighted by molar-refractivity contribution is -0.396. The Hall–Kier alpha value is -2.03. The Kier molecular flexibility index (Phi) is 3.62. The van der Waals surface area contributed by atoms with Gasteiger partial charge in [0.2, 0.25) is 0 Å². The van der Waals surface area contributed by atoms with Crippen LogP contribution in [-0.4, -0.2) is 23.0 Å². The van der Waals surface area contributed by atoms with E-state index >= 15 is 0 Å². The zero-order valence-corrected chi connectivity index (χ0v) is 11.3. The van der Waals surface area contributed by atoms with E-state index in [4.69, 9.17) is 0 Å². The Labute approximate surface area is 109 Å². The van der Waals surface area contributed by atoms with Crippen LogP contribution in [0.3, 0.4) is 0 Å². The van der Waals surface area contributed by atoms with Gasteiger partial charge in [-0.05, 0) is 26.8 Å².